The van der Waals surface area contributed by atoms with Crippen molar-refractivity contribution in [2.24, 2.45) is 11.3 Å². The molecular weight excluding hydrogens is 328 g/mol. The minimum absolute atomic E-state index is 0.0520. The van der Waals surface area contributed by atoms with Crippen LogP contribution in [0.15, 0.2) is 23.2 Å². The van der Waals surface area contributed by atoms with Crippen molar-refractivity contribution in [3.8, 4) is 0 Å². The van der Waals surface area contributed by atoms with Crippen molar-refractivity contribution in [1.82, 2.24) is 9.71 Å². The fourth-order valence-corrected chi connectivity index (χ4v) is 4.42. The van der Waals surface area contributed by atoms with Gasteiger partial charge < -0.3 is 4.74 Å². The number of aromatic nitrogens is 1. The number of hydrogen-bond donors (Lipinski definition) is 1. The van der Waals surface area contributed by atoms with E-state index in [1.54, 1.807) is 33.8 Å². The lowest BCUT2D eigenvalue weighted by Crippen LogP contribution is -2.40. The maximum atomic E-state index is 12.3. The Kier molecular flexibility index (Phi) is 4.80. The van der Waals surface area contributed by atoms with Crippen LogP contribution >= 0.6 is 0 Å². The summed E-state index contributed by atoms with van der Waals surface area (Å²) < 4.78 is 32.3. The van der Waals surface area contributed by atoms with Crippen molar-refractivity contribution in [1.29, 1.82) is 0 Å². The third-order valence-corrected chi connectivity index (χ3v) is 5.94. The van der Waals surface area contributed by atoms with Gasteiger partial charge in [0.1, 0.15) is 4.90 Å². The Morgan fingerprint density at radius 1 is 1.33 bits per heavy atom. The summed E-state index contributed by atoms with van der Waals surface area (Å²) in [6.07, 6.45) is 1.35. The Balaban J connectivity index is 2.20. The van der Waals surface area contributed by atoms with E-state index >= 15 is 0 Å². The van der Waals surface area contributed by atoms with Gasteiger partial charge in [-0.2, -0.15) is 0 Å². The van der Waals surface area contributed by atoms with Crippen LogP contribution in [0.5, 0.6) is 0 Å². The van der Waals surface area contributed by atoms with Crippen molar-refractivity contribution in [3.63, 3.8) is 0 Å². The molecule has 1 N–H and O–H groups in total. The van der Waals surface area contributed by atoms with E-state index in [1.165, 1.54) is 12.3 Å². The van der Waals surface area contributed by atoms with Crippen LogP contribution in [0.2, 0.25) is 0 Å². The zero-order chi connectivity index (χ0) is 18.3. The van der Waals surface area contributed by atoms with Gasteiger partial charge in [0.05, 0.1) is 12.5 Å². The van der Waals surface area contributed by atoms with Gasteiger partial charge in [0.25, 0.3) is 0 Å². The summed E-state index contributed by atoms with van der Waals surface area (Å²) >= 11 is 0. The first kappa shape index (κ1) is 18.9. The van der Waals surface area contributed by atoms with Crippen LogP contribution in [0.25, 0.3) is 0 Å². The van der Waals surface area contributed by atoms with Crippen molar-refractivity contribution in [3.05, 3.63) is 24.0 Å². The first-order chi connectivity index (χ1) is 10.9. The van der Waals surface area contributed by atoms with Gasteiger partial charge in [0.2, 0.25) is 10.0 Å². The zero-order valence-electron chi connectivity index (χ0n) is 15.1. The predicted molar refractivity (Wildman–Crippen MR) is 91.0 cm³/mol. The molecule has 134 valence electrons. The Labute approximate surface area is 144 Å². The van der Waals surface area contributed by atoms with Crippen LogP contribution in [0, 0.1) is 11.3 Å². The zero-order valence-corrected chi connectivity index (χ0v) is 15.9. The molecule has 1 aromatic heterocycles. The predicted octanol–water partition coefficient (Wildman–Crippen LogP) is 2.46. The van der Waals surface area contributed by atoms with Crippen LogP contribution in [-0.2, 0) is 19.6 Å². The standard InChI is InChI=1S/C17H26N2O4S/c1-7-23-15(20)14-13(17(14,5)6)12-9-8-11(10-18-12)24(21,22)19-16(2,3)4/h8-10,13-14,19H,7H2,1-6H3. The average Bonchev–Trinajstić information content (AvgIpc) is 2.99. The van der Waals surface area contributed by atoms with Gasteiger partial charge >= 0.3 is 5.97 Å². The summed E-state index contributed by atoms with van der Waals surface area (Å²) in [5.74, 6) is -0.510. The second kappa shape index (κ2) is 6.11. The van der Waals surface area contributed by atoms with E-state index in [-0.39, 0.29) is 28.1 Å². The molecule has 1 saturated carbocycles. The molecule has 1 heterocycles. The fourth-order valence-electron chi connectivity index (χ4n) is 3.06. The van der Waals surface area contributed by atoms with Crippen LogP contribution in [0.1, 0.15) is 53.2 Å². The maximum Gasteiger partial charge on any atom is 0.310 e. The molecule has 1 aliphatic carbocycles. The van der Waals surface area contributed by atoms with Crippen LogP contribution in [0.4, 0.5) is 0 Å². The summed E-state index contributed by atoms with van der Waals surface area (Å²) in [7, 11) is -3.61. The summed E-state index contributed by atoms with van der Waals surface area (Å²) in [4.78, 5) is 16.4. The van der Waals surface area contributed by atoms with E-state index in [0.29, 0.717) is 12.3 Å². The molecule has 24 heavy (non-hydrogen) atoms. The normalized spacial score (nSPS) is 22.9. The molecule has 6 nitrogen and oxygen atoms in total. The Hall–Kier alpha value is -1.47. The monoisotopic (exact) mass is 354 g/mol. The topological polar surface area (TPSA) is 85.4 Å². The minimum Gasteiger partial charge on any atom is -0.466 e. The lowest BCUT2D eigenvalue weighted by molar-refractivity contribution is -0.145. The SMILES string of the molecule is CCOC(=O)C1C(c2ccc(S(=O)(=O)NC(C)(C)C)cn2)C1(C)C. The Bertz CT molecular complexity index is 718. The highest BCUT2D eigenvalue weighted by Crippen LogP contribution is 2.64. The first-order valence-electron chi connectivity index (χ1n) is 8.06. The lowest BCUT2D eigenvalue weighted by Gasteiger charge is -2.20. The van der Waals surface area contributed by atoms with E-state index in [9.17, 15) is 13.2 Å². The third kappa shape index (κ3) is 3.78. The molecule has 1 fully saturated rings. The Morgan fingerprint density at radius 2 is 1.96 bits per heavy atom. The second-order valence-electron chi connectivity index (χ2n) is 7.80. The number of nitrogens with one attached hydrogen (secondary N) is 1. The number of pyridine rings is 1. The van der Waals surface area contributed by atoms with Crippen LogP contribution in [-0.4, -0.2) is 31.5 Å². The summed E-state index contributed by atoms with van der Waals surface area (Å²) in [6, 6.07) is 3.22. The highest BCUT2D eigenvalue weighted by atomic mass is 32.2. The number of rotatable bonds is 5. The summed E-state index contributed by atoms with van der Waals surface area (Å²) in [5.41, 5.74) is -0.0818. The van der Waals surface area contributed by atoms with Gasteiger partial charge in [-0.3, -0.25) is 9.78 Å². The van der Waals surface area contributed by atoms with Gasteiger partial charge in [0, 0.05) is 23.3 Å². The fraction of sp³-hybridized carbons (Fsp3) is 0.647. The van der Waals surface area contributed by atoms with Gasteiger partial charge in [-0.25, -0.2) is 13.1 Å². The molecule has 0 spiro atoms. The number of sulfonamides is 1. The average molecular weight is 354 g/mol. The van der Waals surface area contributed by atoms with E-state index < -0.39 is 15.6 Å². The van der Waals surface area contributed by atoms with Crippen molar-refractivity contribution >= 4 is 16.0 Å². The van der Waals surface area contributed by atoms with Gasteiger partial charge in [-0.1, -0.05) is 13.8 Å². The smallest absolute Gasteiger partial charge is 0.310 e. The molecular formula is C17H26N2O4S. The largest absolute Gasteiger partial charge is 0.466 e. The summed E-state index contributed by atoms with van der Waals surface area (Å²) in [6.45, 7) is 11.5. The number of esters is 1. The molecule has 0 saturated heterocycles. The molecule has 0 bridgehead atoms. The number of hydrogen-bond acceptors (Lipinski definition) is 5. The van der Waals surface area contributed by atoms with Crippen molar-refractivity contribution in [2.75, 3.05) is 6.61 Å². The molecule has 7 heteroatoms. The first-order valence-corrected chi connectivity index (χ1v) is 9.55. The van der Waals surface area contributed by atoms with Gasteiger partial charge in [0.15, 0.2) is 0 Å². The molecule has 2 atom stereocenters. The van der Waals surface area contributed by atoms with Gasteiger partial charge in [-0.15, -0.1) is 0 Å². The van der Waals surface area contributed by atoms with E-state index in [1.807, 2.05) is 13.8 Å². The van der Waals surface area contributed by atoms with Gasteiger partial charge in [-0.05, 0) is 45.2 Å². The van der Waals surface area contributed by atoms with E-state index in [0.717, 1.165) is 0 Å². The molecule has 2 rings (SSSR count). The molecule has 1 aliphatic rings. The van der Waals surface area contributed by atoms with Crippen molar-refractivity contribution < 1.29 is 17.9 Å². The number of nitrogens with zero attached hydrogens (tertiary/aromatic N) is 1. The summed E-state index contributed by atoms with van der Waals surface area (Å²) in [5, 5.41) is 0. The minimum atomic E-state index is -3.61. The molecule has 0 radical (unpaired) electrons. The van der Waals surface area contributed by atoms with Crippen LogP contribution in [0.3, 0.4) is 0 Å². The molecule has 0 aliphatic heterocycles. The van der Waals surface area contributed by atoms with Crippen LogP contribution < -0.4 is 4.72 Å². The molecule has 2 unspecified atom stereocenters. The molecule has 0 aromatic carbocycles. The molecule has 1 aromatic rings. The maximum absolute atomic E-state index is 12.3. The second-order valence-corrected chi connectivity index (χ2v) is 9.49. The quantitative estimate of drug-likeness (QED) is 0.821. The number of carbonyl (C=O) groups is 1. The lowest BCUT2D eigenvalue weighted by atomic mass is 10.1. The highest BCUT2D eigenvalue weighted by Gasteiger charge is 2.64. The third-order valence-electron chi connectivity index (χ3n) is 4.20. The number of ether oxygens (including phenoxy) is 1. The van der Waals surface area contributed by atoms with E-state index in [2.05, 4.69) is 9.71 Å². The van der Waals surface area contributed by atoms with E-state index in [4.69, 9.17) is 4.74 Å². The van der Waals surface area contributed by atoms with Crippen molar-refractivity contribution in [2.45, 2.75) is 57.9 Å². The number of carbonyl (C=O) groups excluding carboxylic acids is 1. The highest BCUT2D eigenvalue weighted by molar-refractivity contribution is 7.89. The molecule has 0 amide bonds. The Morgan fingerprint density at radius 3 is 2.42 bits per heavy atom.